The molecule has 2 nitrogen and oxygen atoms in total. The highest BCUT2D eigenvalue weighted by Gasteiger charge is 2.62. The predicted octanol–water partition coefficient (Wildman–Crippen LogP) is 6.22. The third kappa shape index (κ3) is 3.65. The van der Waals surface area contributed by atoms with E-state index >= 15 is 0 Å². The lowest BCUT2D eigenvalue weighted by molar-refractivity contribution is -0.102. The molecule has 0 unspecified atom stereocenters. The number of allylic oxidation sites excluding steroid dienone is 2. The Kier molecular flexibility index (Phi) is 6.26. The van der Waals surface area contributed by atoms with Crippen LogP contribution >= 0.6 is 0 Å². The summed E-state index contributed by atoms with van der Waals surface area (Å²) in [4.78, 5) is 0. The van der Waals surface area contributed by atoms with Crippen molar-refractivity contribution in [2.75, 3.05) is 6.61 Å². The summed E-state index contributed by atoms with van der Waals surface area (Å²) >= 11 is 0. The molecule has 0 heterocycles. The van der Waals surface area contributed by atoms with Gasteiger partial charge in [-0.15, -0.1) is 0 Å². The van der Waals surface area contributed by atoms with Crippen molar-refractivity contribution in [2.45, 2.75) is 98.0 Å². The molecule has 0 aromatic carbocycles. The van der Waals surface area contributed by atoms with E-state index in [1.165, 1.54) is 51.4 Å². The molecular formula is C27H46O2. The molecule has 166 valence electrons. The van der Waals surface area contributed by atoms with Crippen LogP contribution in [0, 0.1) is 52.3 Å². The smallest absolute Gasteiger partial charge is 0.0579 e. The van der Waals surface area contributed by atoms with Gasteiger partial charge < -0.3 is 10.2 Å². The van der Waals surface area contributed by atoms with Crippen LogP contribution in [-0.2, 0) is 0 Å². The van der Waals surface area contributed by atoms with Crippen molar-refractivity contribution < 1.29 is 10.2 Å². The second-order valence-corrected chi connectivity index (χ2v) is 12.1. The first kappa shape index (κ1) is 21.9. The minimum Gasteiger partial charge on any atom is -0.396 e. The maximum absolute atomic E-state index is 11.2. The molecule has 0 radical (unpaired) electrons. The van der Waals surface area contributed by atoms with Crippen molar-refractivity contribution in [3.8, 4) is 0 Å². The van der Waals surface area contributed by atoms with Gasteiger partial charge in [0.25, 0.3) is 0 Å². The van der Waals surface area contributed by atoms with Gasteiger partial charge in [0.2, 0.25) is 0 Å². The largest absolute Gasteiger partial charge is 0.396 e. The average molecular weight is 403 g/mol. The fraction of sp³-hybridized carbons (Fsp3) is 0.926. The normalized spacial score (nSPS) is 48.5. The van der Waals surface area contributed by atoms with E-state index in [4.69, 9.17) is 0 Å². The Labute approximate surface area is 179 Å². The lowest BCUT2D eigenvalue weighted by atomic mass is 9.45. The van der Waals surface area contributed by atoms with E-state index in [1.54, 1.807) is 0 Å². The Morgan fingerprint density at radius 2 is 1.79 bits per heavy atom. The Balaban J connectivity index is 1.48. The van der Waals surface area contributed by atoms with Crippen molar-refractivity contribution in [2.24, 2.45) is 52.3 Å². The molecule has 0 spiro atoms. The van der Waals surface area contributed by atoms with Gasteiger partial charge >= 0.3 is 0 Å². The maximum atomic E-state index is 11.2. The van der Waals surface area contributed by atoms with Gasteiger partial charge in [0.1, 0.15) is 0 Å². The van der Waals surface area contributed by atoms with Gasteiger partial charge in [0.05, 0.1) is 6.10 Å². The highest BCUT2D eigenvalue weighted by atomic mass is 16.3. The zero-order valence-electron chi connectivity index (χ0n) is 19.4. The molecule has 0 aromatic rings. The molecule has 4 aliphatic rings. The lowest BCUT2D eigenvalue weighted by Gasteiger charge is -2.60. The van der Waals surface area contributed by atoms with E-state index in [9.17, 15) is 10.2 Å². The maximum Gasteiger partial charge on any atom is 0.0579 e. The molecule has 29 heavy (non-hydrogen) atoms. The molecule has 0 aliphatic heterocycles. The van der Waals surface area contributed by atoms with E-state index < -0.39 is 0 Å². The van der Waals surface area contributed by atoms with Gasteiger partial charge in [-0.2, -0.15) is 0 Å². The molecule has 4 rings (SSSR count). The van der Waals surface area contributed by atoms with Crippen LogP contribution in [0.4, 0.5) is 0 Å². The number of rotatable bonds is 6. The molecule has 4 aliphatic carbocycles. The molecule has 0 amide bonds. The summed E-state index contributed by atoms with van der Waals surface area (Å²) in [7, 11) is 0. The zero-order valence-corrected chi connectivity index (χ0v) is 19.4. The Bertz CT molecular complexity index is 599. The minimum atomic E-state index is -0.106. The van der Waals surface area contributed by atoms with Crippen molar-refractivity contribution in [1.29, 1.82) is 0 Å². The van der Waals surface area contributed by atoms with E-state index in [-0.39, 0.29) is 6.10 Å². The van der Waals surface area contributed by atoms with Gasteiger partial charge in [-0.3, -0.25) is 0 Å². The molecular weight excluding hydrogens is 356 g/mol. The lowest BCUT2D eigenvalue weighted by Crippen LogP contribution is -2.52. The third-order valence-corrected chi connectivity index (χ3v) is 10.6. The number of fused-ring (bicyclic) bond motifs is 5. The summed E-state index contributed by atoms with van der Waals surface area (Å²) in [5.41, 5.74) is 0.838. The number of hydrogen-bond donors (Lipinski definition) is 2. The second kappa shape index (κ2) is 8.30. The summed E-state index contributed by atoms with van der Waals surface area (Å²) < 4.78 is 0. The molecule has 2 N–H and O–H groups in total. The van der Waals surface area contributed by atoms with Crippen LogP contribution in [0.25, 0.3) is 0 Å². The van der Waals surface area contributed by atoms with Crippen LogP contribution in [0.1, 0.15) is 91.9 Å². The van der Waals surface area contributed by atoms with E-state index in [1.807, 2.05) is 0 Å². The predicted molar refractivity (Wildman–Crippen MR) is 120 cm³/mol. The standard InChI is InChI=1S/C27H46O2/c1-18(17-28)8-7-9-19(2)25-24(29)16-23-21-12-11-20-10-5-6-14-26(20,3)22(21)13-15-27(23,25)4/h5-6,18-25,28-29H,7-17H2,1-4H3/t18-,19-,20-,21-,22+,23+,24+,25+,26+,27+/m1/s1. The zero-order chi connectivity index (χ0) is 20.8. The Morgan fingerprint density at radius 1 is 1.00 bits per heavy atom. The van der Waals surface area contributed by atoms with Crippen LogP contribution < -0.4 is 0 Å². The molecule has 0 saturated heterocycles. The number of aliphatic hydroxyl groups excluding tert-OH is 2. The highest BCUT2D eigenvalue weighted by molar-refractivity contribution is 5.13. The van der Waals surface area contributed by atoms with Crippen molar-refractivity contribution in [1.82, 2.24) is 0 Å². The third-order valence-electron chi connectivity index (χ3n) is 10.6. The summed E-state index contributed by atoms with van der Waals surface area (Å²) in [5, 5.41) is 20.6. The fourth-order valence-electron chi connectivity index (χ4n) is 8.98. The summed E-state index contributed by atoms with van der Waals surface area (Å²) in [6, 6.07) is 0. The van der Waals surface area contributed by atoms with Gasteiger partial charge in [-0.05, 0) is 104 Å². The molecule has 3 saturated carbocycles. The Morgan fingerprint density at radius 3 is 2.55 bits per heavy atom. The second-order valence-electron chi connectivity index (χ2n) is 12.1. The van der Waals surface area contributed by atoms with Gasteiger partial charge in [0, 0.05) is 6.61 Å². The average Bonchev–Trinajstić information content (AvgIpc) is 2.97. The van der Waals surface area contributed by atoms with E-state index in [0.29, 0.717) is 35.2 Å². The van der Waals surface area contributed by atoms with Gasteiger partial charge in [-0.25, -0.2) is 0 Å². The quantitative estimate of drug-likeness (QED) is 0.518. The molecule has 10 atom stereocenters. The van der Waals surface area contributed by atoms with Gasteiger partial charge in [0.15, 0.2) is 0 Å². The molecule has 3 fully saturated rings. The van der Waals surface area contributed by atoms with Crippen LogP contribution in [0.15, 0.2) is 12.2 Å². The van der Waals surface area contributed by atoms with E-state index in [0.717, 1.165) is 36.5 Å². The monoisotopic (exact) mass is 402 g/mol. The minimum absolute atomic E-state index is 0.106. The Hall–Kier alpha value is -0.340. The van der Waals surface area contributed by atoms with Crippen LogP contribution in [0.5, 0.6) is 0 Å². The van der Waals surface area contributed by atoms with Crippen molar-refractivity contribution >= 4 is 0 Å². The van der Waals surface area contributed by atoms with Crippen molar-refractivity contribution in [3.63, 3.8) is 0 Å². The number of aliphatic hydroxyl groups is 2. The van der Waals surface area contributed by atoms with Crippen molar-refractivity contribution in [3.05, 3.63) is 12.2 Å². The summed E-state index contributed by atoms with van der Waals surface area (Å²) in [6.07, 6.45) is 17.5. The summed E-state index contributed by atoms with van der Waals surface area (Å²) in [5.74, 6) is 4.80. The van der Waals surface area contributed by atoms with Gasteiger partial charge in [-0.1, -0.05) is 52.7 Å². The van der Waals surface area contributed by atoms with E-state index in [2.05, 4.69) is 39.8 Å². The highest BCUT2D eigenvalue weighted by Crippen LogP contribution is 2.68. The SMILES string of the molecule is C[C@@H](CO)CCC[C@@H](C)[C@H]1[C@@H](O)C[C@H]2[C@@H]3CC[C@H]4CC=CC[C@]4(C)[C@H]3CC[C@]12C. The fourth-order valence-corrected chi connectivity index (χ4v) is 8.98. The topological polar surface area (TPSA) is 40.5 Å². The first-order valence-corrected chi connectivity index (χ1v) is 12.7. The molecule has 0 bridgehead atoms. The number of hydrogen-bond acceptors (Lipinski definition) is 2. The van der Waals surface area contributed by atoms with Crippen LogP contribution in [-0.4, -0.2) is 22.9 Å². The molecule has 0 aromatic heterocycles. The van der Waals surface area contributed by atoms with Crippen LogP contribution in [0.2, 0.25) is 0 Å². The first-order valence-electron chi connectivity index (χ1n) is 12.7. The first-order chi connectivity index (χ1) is 13.8. The van der Waals surface area contributed by atoms with Crippen LogP contribution in [0.3, 0.4) is 0 Å². The molecule has 2 heteroatoms. The summed E-state index contributed by atoms with van der Waals surface area (Å²) in [6.45, 7) is 10.0.